The Morgan fingerprint density at radius 2 is 2.38 bits per heavy atom. The van der Waals surface area contributed by atoms with Crippen LogP contribution in [0.5, 0.6) is 0 Å². The van der Waals surface area contributed by atoms with Crippen LogP contribution in [0.1, 0.15) is 13.8 Å². The first-order valence-corrected chi connectivity index (χ1v) is 4.51. The van der Waals surface area contributed by atoms with Crippen LogP contribution in [0.4, 0.5) is 0 Å². The van der Waals surface area contributed by atoms with Crippen molar-refractivity contribution >= 4 is 6.21 Å². The van der Waals surface area contributed by atoms with E-state index in [9.17, 15) is 0 Å². The largest absolute Gasteiger partial charge is 0.390 e. The molecular weight excluding hydrogens is 166 g/mol. The van der Waals surface area contributed by atoms with Crippen LogP contribution < -0.4 is 0 Å². The third-order valence-electron chi connectivity index (χ3n) is 1.79. The lowest BCUT2D eigenvalue weighted by Crippen LogP contribution is -2.51. The number of rotatable bonds is 4. The summed E-state index contributed by atoms with van der Waals surface area (Å²) in [4.78, 5) is 7.21. The van der Waals surface area contributed by atoms with Crippen molar-refractivity contribution in [3.63, 3.8) is 0 Å². The van der Waals surface area contributed by atoms with Gasteiger partial charge in [-0.05, 0) is 5.92 Å². The van der Waals surface area contributed by atoms with Gasteiger partial charge in [-0.2, -0.15) is 5.26 Å². The fourth-order valence-electron chi connectivity index (χ4n) is 1.06. The summed E-state index contributed by atoms with van der Waals surface area (Å²) in [5, 5.41) is 12.2. The van der Waals surface area contributed by atoms with Gasteiger partial charge in [0.15, 0.2) is 6.10 Å². The molecule has 1 aliphatic rings. The van der Waals surface area contributed by atoms with E-state index < -0.39 is 0 Å². The van der Waals surface area contributed by atoms with Crippen molar-refractivity contribution in [2.24, 2.45) is 11.1 Å². The Kier molecular flexibility index (Phi) is 3.71. The summed E-state index contributed by atoms with van der Waals surface area (Å²) >= 11 is 0. The van der Waals surface area contributed by atoms with Crippen LogP contribution in [-0.2, 0) is 4.84 Å². The van der Waals surface area contributed by atoms with Gasteiger partial charge in [0.05, 0.1) is 12.6 Å². The van der Waals surface area contributed by atoms with E-state index >= 15 is 0 Å². The third-order valence-corrected chi connectivity index (χ3v) is 1.79. The second-order valence-electron chi connectivity index (χ2n) is 3.58. The Morgan fingerprint density at radius 1 is 1.69 bits per heavy atom. The first kappa shape index (κ1) is 10.0. The number of oxime groups is 1. The van der Waals surface area contributed by atoms with E-state index in [0.717, 1.165) is 13.1 Å². The monoisotopic (exact) mass is 181 g/mol. The molecule has 0 amide bonds. The second-order valence-corrected chi connectivity index (χ2v) is 3.58. The Balaban J connectivity index is 2.05. The minimum absolute atomic E-state index is 0.184. The lowest BCUT2D eigenvalue weighted by Gasteiger charge is -2.35. The van der Waals surface area contributed by atoms with Gasteiger partial charge in [-0.15, -0.1) is 0 Å². The molecule has 0 radical (unpaired) electrons. The van der Waals surface area contributed by atoms with Crippen molar-refractivity contribution < 1.29 is 4.84 Å². The summed E-state index contributed by atoms with van der Waals surface area (Å²) in [6.07, 6.45) is 1.97. The second kappa shape index (κ2) is 4.83. The summed E-state index contributed by atoms with van der Waals surface area (Å²) in [7, 11) is 0. The number of likely N-dealkylation sites (tertiary alicyclic amines) is 1. The summed E-state index contributed by atoms with van der Waals surface area (Å²) in [5.74, 6) is 0.426. The molecule has 0 aromatic carbocycles. The van der Waals surface area contributed by atoms with E-state index in [-0.39, 0.29) is 6.10 Å². The minimum atomic E-state index is 0.184. The molecule has 13 heavy (non-hydrogen) atoms. The quantitative estimate of drug-likeness (QED) is 0.367. The minimum Gasteiger partial charge on any atom is -0.390 e. The van der Waals surface area contributed by atoms with Gasteiger partial charge in [0, 0.05) is 19.3 Å². The van der Waals surface area contributed by atoms with E-state index in [1.54, 1.807) is 6.21 Å². The molecular formula is C9H15N3O. The predicted molar refractivity (Wildman–Crippen MR) is 50.3 cm³/mol. The highest BCUT2D eigenvalue weighted by atomic mass is 16.6. The van der Waals surface area contributed by atoms with Crippen molar-refractivity contribution in [1.82, 2.24) is 4.90 Å². The van der Waals surface area contributed by atoms with Gasteiger partial charge in [0.2, 0.25) is 0 Å². The lowest BCUT2D eigenvalue weighted by atomic mass is 10.2. The maximum Gasteiger partial charge on any atom is 0.152 e. The van der Waals surface area contributed by atoms with Crippen molar-refractivity contribution in [3.05, 3.63) is 0 Å². The van der Waals surface area contributed by atoms with Crippen LogP contribution in [-0.4, -0.2) is 36.9 Å². The summed E-state index contributed by atoms with van der Waals surface area (Å²) in [6, 6.07) is 2.10. The number of nitrogens with zero attached hydrogens (tertiary/aromatic N) is 3. The van der Waals surface area contributed by atoms with Crippen molar-refractivity contribution in [1.29, 1.82) is 5.26 Å². The predicted octanol–water partition coefficient (Wildman–Crippen LogP) is 0.853. The molecule has 0 unspecified atom stereocenters. The molecule has 0 aromatic rings. The molecule has 4 heteroatoms. The lowest BCUT2D eigenvalue weighted by molar-refractivity contribution is -0.0466. The first-order valence-electron chi connectivity index (χ1n) is 4.51. The van der Waals surface area contributed by atoms with Gasteiger partial charge < -0.3 is 4.84 Å². The van der Waals surface area contributed by atoms with Gasteiger partial charge in [-0.1, -0.05) is 19.0 Å². The fourth-order valence-corrected chi connectivity index (χ4v) is 1.06. The molecule has 1 rings (SSSR count). The Hall–Kier alpha value is -1.08. The molecule has 0 bridgehead atoms. The SMILES string of the molecule is CC(C)/C=N/OC1CN(CC#N)C1. The van der Waals surface area contributed by atoms with Crippen LogP contribution in [0.3, 0.4) is 0 Å². The molecule has 72 valence electrons. The van der Waals surface area contributed by atoms with E-state index in [1.165, 1.54) is 0 Å². The average molecular weight is 181 g/mol. The zero-order valence-electron chi connectivity index (χ0n) is 8.10. The molecule has 1 heterocycles. The topological polar surface area (TPSA) is 48.6 Å². The number of hydrogen-bond acceptors (Lipinski definition) is 4. The van der Waals surface area contributed by atoms with E-state index in [2.05, 4.69) is 25.1 Å². The summed E-state index contributed by atoms with van der Waals surface area (Å²) in [6.45, 7) is 6.24. The first-order chi connectivity index (χ1) is 6.22. The molecule has 1 fully saturated rings. The highest BCUT2D eigenvalue weighted by Gasteiger charge is 2.27. The van der Waals surface area contributed by atoms with Gasteiger partial charge in [0.25, 0.3) is 0 Å². The molecule has 0 saturated carbocycles. The highest BCUT2D eigenvalue weighted by Crippen LogP contribution is 2.10. The maximum absolute atomic E-state index is 8.37. The third kappa shape index (κ3) is 3.43. The molecule has 1 aliphatic heterocycles. The fraction of sp³-hybridized carbons (Fsp3) is 0.778. The molecule has 1 saturated heterocycles. The van der Waals surface area contributed by atoms with Gasteiger partial charge in [-0.3, -0.25) is 4.90 Å². The van der Waals surface area contributed by atoms with E-state index in [4.69, 9.17) is 10.1 Å². The Morgan fingerprint density at radius 3 is 2.92 bits per heavy atom. The maximum atomic E-state index is 8.37. The molecule has 0 aliphatic carbocycles. The molecule has 0 N–H and O–H groups in total. The van der Waals surface area contributed by atoms with Gasteiger partial charge in [-0.25, -0.2) is 0 Å². The zero-order valence-corrected chi connectivity index (χ0v) is 8.10. The van der Waals surface area contributed by atoms with Gasteiger partial charge >= 0.3 is 0 Å². The van der Waals surface area contributed by atoms with E-state index in [1.807, 2.05) is 4.90 Å². The number of nitriles is 1. The Bertz CT molecular complexity index is 213. The highest BCUT2D eigenvalue weighted by molar-refractivity contribution is 5.58. The smallest absolute Gasteiger partial charge is 0.152 e. The standard InChI is InChI=1S/C9H15N3O/c1-8(2)5-11-13-9-6-12(7-9)4-3-10/h5,8-9H,4,6-7H2,1-2H3/b11-5+. The van der Waals surface area contributed by atoms with Crippen LogP contribution in [0.25, 0.3) is 0 Å². The summed E-state index contributed by atoms with van der Waals surface area (Å²) in [5.41, 5.74) is 0. The average Bonchev–Trinajstić information content (AvgIpc) is 1.99. The normalized spacial score (nSPS) is 18.9. The molecule has 0 aromatic heterocycles. The van der Waals surface area contributed by atoms with Crippen molar-refractivity contribution in [2.45, 2.75) is 20.0 Å². The van der Waals surface area contributed by atoms with Crippen molar-refractivity contribution in [3.8, 4) is 6.07 Å². The molecule has 0 spiro atoms. The van der Waals surface area contributed by atoms with Gasteiger partial charge in [0.1, 0.15) is 0 Å². The summed E-state index contributed by atoms with van der Waals surface area (Å²) < 4.78 is 0. The zero-order chi connectivity index (χ0) is 9.68. The number of hydrogen-bond donors (Lipinski definition) is 0. The van der Waals surface area contributed by atoms with Crippen LogP contribution in [0.2, 0.25) is 0 Å². The molecule has 0 atom stereocenters. The van der Waals surface area contributed by atoms with Crippen LogP contribution in [0, 0.1) is 17.2 Å². The Labute approximate surface area is 78.8 Å². The van der Waals surface area contributed by atoms with E-state index in [0.29, 0.717) is 12.5 Å². The van der Waals surface area contributed by atoms with Crippen molar-refractivity contribution in [2.75, 3.05) is 19.6 Å². The molecule has 4 nitrogen and oxygen atoms in total. The van der Waals surface area contributed by atoms with Crippen LogP contribution >= 0.6 is 0 Å². The van der Waals surface area contributed by atoms with Crippen LogP contribution in [0.15, 0.2) is 5.16 Å².